The highest BCUT2D eigenvalue weighted by Gasteiger charge is 2.24. The third-order valence-corrected chi connectivity index (χ3v) is 4.58. The van der Waals surface area contributed by atoms with Crippen molar-refractivity contribution in [2.24, 2.45) is 0 Å². The third-order valence-electron chi connectivity index (χ3n) is 3.55. The number of piperazine rings is 1. The molecule has 0 aliphatic carbocycles. The van der Waals surface area contributed by atoms with E-state index in [1.807, 2.05) is 29.2 Å². The highest BCUT2D eigenvalue weighted by Crippen LogP contribution is 2.23. The summed E-state index contributed by atoms with van der Waals surface area (Å²) in [5, 5.41) is 9.49. The highest BCUT2D eigenvalue weighted by molar-refractivity contribution is 7.20. The van der Waals surface area contributed by atoms with Crippen molar-refractivity contribution in [1.82, 2.24) is 14.8 Å². The number of benzene rings is 1. The Bertz CT molecular complexity index is 572. The van der Waals surface area contributed by atoms with E-state index in [9.17, 15) is 4.79 Å². The van der Waals surface area contributed by atoms with Gasteiger partial charge in [-0.25, -0.2) is 4.98 Å². The first-order chi connectivity index (χ1) is 9.78. The minimum atomic E-state index is 0.0230. The Morgan fingerprint density at radius 2 is 2.00 bits per heavy atom. The number of aromatic nitrogens is 1. The number of nitrogens with zero attached hydrogens (tertiary/aromatic N) is 3. The predicted molar refractivity (Wildman–Crippen MR) is 79.0 cm³/mol. The van der Waals surface area contributed by atoms with Crippen LogP contribution in [0.2, 0.25) is 0 Å². The molecule has 0 bridgehead atoms. The molecule has 0 spiro atoms. The standard InChI is InChI=1S/C14H17N3O2S/c18-10-9-16-5-7-17(8-6-16)14(19)13-15-11-3-1-2-4-12(11)20-13/h1-4,18H,5-10H2. The molecule has 0 radical (unpaired) electrons. The molecule has 1 aliphatic heterocycles. The average molecular weight is 291 g/mol. The van der Waals surface area contributed by atoms with Gasteiger partial charge in [-0.1, -0.05) is 12.1 Å². The number of β-amino-alcohol motifs (C(OH)–C–C–N with tert-alkyl or cyclic N) is 1. The van der Waals surface area contributed by atoms with Crippen LogP contribution in [0.15, 0.2) is 24.3 Å². The smallest absolute Gasteiger partial charge is 0.282 e. The zero-order valence-corrected chi connectivity index (χ0v) is 12.0. The van der Waals surface area contributed by atoms with Crippen molar-refractivity contribution in [2.45, 2.75) is 0 Å². The van der Waals surface area contributed by atoms with Gasteiger partial charge in [0.2, 0.25) is 0 Å². The molecule has 6 heteroatoms. The molecule has 2 aromatic rings. The number of aliphatic hydroxyl groups excluding tert-OH is 1. The topological polar surface area (TPSA) is 56.7 Å². The molecule has 1 aliphatic rings. The zero-order valence-electron chi connectivity index (χ0n) is 11.2. The minimum Gasteiger partial charge on any atom is -0.395 e. The van der Waals surface area contributed by atoms with Crippen LogP contribution in [0.4, 0.5) is 0 Å². The number of para-hydroxylation sites is 1. The van der Waals surface area contributed by atoms with Crippen LogP contribution in [0.1, 0.15) is 9.80 Å². The van der Waals surface area contributed by atoms with Gasteiger partial charge in [0, 0.05) is 32.7 Å². The van der Waals surface area contributed by atoms with Gasteiger partial charge in [-0.2, -0.15) is 0 Å². The fraction of sp³-hybridized carbons (Fsp3) is 0.429. The van der Waals surface area contributed by atoms with Gasteiger partial charge in [0.15, 0.2) is 5.01 Å². The van der Waals surface area contributed by atoms with Crippen molar-refractivity contribution < 1.29 is 9.90 Å². The van der Waals surface area contributed by atoms with E-state index in [1.54, 1.807) is 0 Å². The molecule has 5 nitrogen and oxygen atoms in total. The first-order valence-electron chi connectivity index (χ1n) is 6.76. The molecule has 1 aromatic carbocycles. The summed E-state index contributed by atoms with van der Waals surface area (Å²) in [5.74, 6) is 0.0230. The molecule has 1 N–H and O–H groups in total. The van der Waals surface area contributed by atoms with Crippen LogP contribution in [-0.4, -0.2) is 65.1 Å². The number of rotatable bonds is 3. The molecule has 1 amide bonds. The van der Waals surface area contributed by atoms with Crippen LogP contribution in [0.3, 0.4) is 0 Å². The summed E-state index contributed by atoms with van der Waals surface area (Å²) >= 11 is 1.45. The Balaban J connectivity index is 1.70. The number of carbonyl (C=O) groups excluding carboxylic acids is 1. The molecule has 0 saturated carbocycles. The lowest BCUT2D eigenvalue weighted by atomic mass is 10.3. The van der Waals surface area contributed by atoms with Gasteiger partial charge in [0.05, 0.1) is 16.8 Å². The van der Waals surface area contributed by atoms with Gasteiger partial charge in [0.25, 0.3) is 5.91 Å². The summed E-state index contributed by atoms with van der Waals surface area (Å²) in [6, 6.07) is 7.82. The van der Waals surface area contributed by atoms with Gasteiger partial charge < -0.3 is 10.0 Å². The highest BCUT2D eigenvalue weighted by atomic mass is 32.1. The maximum atomic E-state index is 12.4. The van der Waals surface area contributed by atoms with E-state index >= 15 is 0 Å². The maximum Gasteiger partial charge on any atom is 0.282 e. The molecular formula is C14H17N3O2S. The van der Waals surface area contributed by atoms with E-state index in [1.165, 1.54) is 11.3 Å². The quantitative estimate of drug-likeness (QED) is 0.918. The molecule has 0 atom stereocenters. The van der Waals surface area contributed by atoms with Crippen LogP contribution in [-0.2, 0) is 0 Å². The third kappa shape index (κ3) is 2.67. The van der Waals surface area contributed by atoms with Gasteiger partial charge in [0.1, 0.15) is 0 Å². The van der Waals surface area contributed by atoms with Crippen molar-refractivity contribution in [3.8, 4) is 0 Å². The van der Waals surface area contributed by atoms with Crippen molar-refractivity contribution in [3.63, 3.8) is 0 Å². The summed E-state index contributed by atoms with van der Waals surface area (Å²) in [5.41, 5.74) is 0.889. The molecule has 1 fully saturated rings. The van der Waals surface area contributed by atoms with Crippen LogP contribution < -0.4 is 0 Å². The Morgan fingerprint density at radius 1 is 1.25 bits per heavy atom. The molecular weight excluding hydrogens is 274 g/mol. The number of carbonyl (C=O) groups is 1. The van der Waals surface area contributed by atoms with E-state index in [0.29, 0.717) is 24.6 Å². The number of thiazole rings is 1. The first-order valence-corrected chi connectivity index (χ1v) is 7.57. The summed E-state index contributed by atoms with van der Waals surface area (Å²) in [6.45, 7) is 3.90. The number of hydrogen-bond acceptors (Lipinski definition) is 5. The number of hydrogen-bond donors (Lipinski definition) is 1. The van der Waals surface area contributed by atoms with Gasteiger partial charge in [-0.15, -0.1) is 11.3 Å². The van der Waals surface area contributed by atoms with Crippen molar-refractivity contribution >= 4 is 27.5 Å². The summed E-state index contributed by atoms with van der Waals surface area (Å²) < 4.78 is 1.05. The normalized spacial score (nSPS) is 16.8. The minimum absolute atomic E-state index is 0.0230. The summed E-state index contributed by atoms with van der Waals surface area (Å²) in [7, 11) is 0. The van der Waals surface area contributed by atoms with E-state index < -0.39 is 0 Å². The van der Waals surface area contributed by atoms with Crippen LogP contribution in [0, 0.1) is 0 Å². The van der Waals surface area contributed by atoms with Gasteiger partial charge in [-0.3, -0.25) is 9.69 Å². The second-order valence-electron chi connectivity index (χ2n) is 4.84. The average Bonchev–Trinajstić information content (AvgIpc) is 2.91. The van der Waals surface area contributed by atoms with Crippen LogP contribution in [0.5, 0.6) is 0 Å². The Hall–Kier alpha value is -1.50. The molecule has 106 valence electrons. The monoisotopic (exact) mass is 291 g/mol. The van der Waals surface area contributed by atoms with Crippen molar-refractivity contribution in [1.29, 1.82) is 0 Å². The lowest BCUT2D eigenvalue weighted by molar-refractivity contribution is 0.0615. The van der Waals surface area contributed by atoms with E-state index in [-0.39, 0.29) is 12.5 Å². The molecule has 0 unspecified atom stereocenters. The van der Waals surface area contributed by atoms with E-state index in [0.717, 1.165) is 23.3 Å². The lowest BCUT2D eigenvalue weighted by Crippen LogP contribution is -2.49. The summed E-state index contributed by atoms with van der Waals surface area (Å²) in [6.07, 6.45) is 0. The Kier molecular flexibility index (Phi) is 3.95. The zero-order chi connectivity index (χ0) is 13.9. The van der Waals surface area contributed by atoms with Gasteiger partial charge in [-0.05, 0) is 12.1 Å². The summed E-state index contributed by atoms with van der Waals surface area (Å²) in [4.78, 5) is 20.9. The fourth-order valence-corrected chi connectivity index (χ4v) is 3.35. The predicted octanol–water partition coefficient (Wildman–Crippen LogP) is 1.05. The Morgan fingerprint density at radius 3 is 2.70 bits per heavy atom. The van der Waals surface area contributed by atoms with Crippen molar-refractivity contribution in [3.05, 3.63) is 29.3 Å². The Labute approximate surface area is 121 Å². The lowest BCUT2D eigenvalue weighted by Gasteiger charge is -2.33. The molecule has 2 heterocycles. The number of fused-ring (bicyclic) bond motifs is 1. The van der Waals surface area contributed by atoms with Crippen LogP contribution in [0.25, 0.3) is 10.2 Å². The number of amides is 1. The molecule has 20 heavy (non-hydrogen) atoms. The molecule has 1 aromatic heterocycles. The van der Waals surface area contributed by atoms with E-state index in [2.05, 4.69) is 9.88 Å². The first kappa shape index (κ1) is 13.5. The molecule has 1 saturated heterocycles. The second-order valence-corrected chi connectivity index (χ2v) is 5.87. The maximum absolute atomic E-state index is 12.4. The van der Waals surface area contributed by atoms with Gasteiger partial charge >= 0.3 is 0 Å². The van der Waals surface area contributed by atoms with E-state index in [4.69, 9.17) is 5.11 Å². The molecule has 3 rings (SSSR count). The number of aliphatic hydroxyl groups is 1. The fourth-order valence-electron chi connectivity index (χ4n) is 2.41. The SMILES string of the molecule is O=C(c1nc2ccccc2s1)N1CCN(CCO)CC1. The second kappa shape index (κ2) is 5.87. The van der Waals surface area contributed by atoms with Crippen molar-refractivity contribution in [2.75, 3.05) is 39.3 Å². The largest absolute Gasteiger partial charge is 0.395 e. The van der Waals surface area contributed by atoms with Crippen LogP contribution >= 0.6 is 11.3 Å².